The van der Waals surface area contributed by atoms with Crippen molar-refractivity contribution >= 4 is 17.6 Å². The van der Waals surface area contributed by atoms with Gasteiger partial charge in [-0.25, -0.2) is 0 Å². The smallest absolute Gasteiger partial charge is 0.245 e. The minimum atomic E-state index is -0.606. The monoisotopic (exact) mass is 494 g/mol. The number of carbonyl (C=O) groups excluding carboxylic acids is 3. The van der Waals surface area contributed by atoms with Gasteiger partial charge in [-0.3, -0.25) is 14.4 Å². The molecular weight excluding hydrogens is 448 g/mol. The van der Waals surface area contributed by atoms with Crippen molar-refractivity contribution in [3.63, 3.8) is 0 Å². The van der Waals surface area contributed by atoms with Crippen LogP contribution in [0.25, 0.3) is 0 Å². The fourth-order valence-corrected chi connectivity index (χ4v) is 4.69. The van der Waals surface area contributed by atoms with Crippen LogP contribution in [0.15, 0.2) is 54.6 Å². The summed E-state index contributed by atoms with van der Waals surface area (Å²) >= 11 is 0. The third-order valence-corrected chi connectivity index (χ3v) is 6.50. The molecule has 198 valence electrons. The van der Waals surface area contributed by atoms with Crippen LogP contribution in [0.5, 0.6) is 0 Å². The van der Waals surface area contributed by atoms with Gasteiger partial charge in [0.05, 0.1) is 5.41 Å². The number of aryl methyl sites for hydroxylation is 1. The molecule has 2 aromatic carbocycles. The minimum Gasteiger partial charge on any atom is -0.344 e. The SMILES string of the molecule is CC.CC.CCCC(=O)C1(c2ccccc2)CCN(C(=O)[C@H](Cc2ccc(C)cc2)NC(C)=O)CC1. The summed E-state index contributed by atoms with van der Waals surface area (Å²) in [4.78, 5) is 40.2. The number of nitrogens with zero attached hydrogens (tertiary/aromatic N) is 1. The molecule has 0 aromatic heterocycles. The predicted molar refractivity (Wildman–Crippen MR) is 149 cm³/mol. The molecule has 1 N–H and O–H groups in total. The van der Waals surface area contributed by atoms with Crippen molar-refractivity contribution < 1.29 is 14.4 Å². The molecule has 3 rings (SSSR count). The number of likely N-dealkylation sites (tertiary alicyclic amines) is 1. The van der Waals surface area contributed by atoms with Crippen molar-refractivity contribution in [1.82, 2.24) is 10.2 Å². The number of piperidine rings is 1. The van der Waals surface area contributed by atoms with E-state index >= 15 is 0 Å². The summed E-state index contributed by atoms with van der Waals surface area (Å²) in [7, 11) is 0. The Kier molecular flexibility index (Phi) is 13.7. The summed E-state index contributed by atoms with van der Waals surface area (Å²) in [5, 5.41) is 2.84. The molecule has 1 aliphatic heterocycles. The third kappa shape index (κ3) is 8.32. The van der Waals surface area contributed by atoms with E-state index in [9.17, 15) is 14.4 Å². The van der Waals surface area contributed by atoms with Crippen LogP contribution in [-0.4, -0.2) is 41.6 Å². The van der Waals surface area contributed by atoms with Crippen LogP contribution in [0, 0.1) is 6.92 Å². The van der Waals surface area contributed by atoms with Crippen molar-refractivity contribution in [2.45, 2.75) is 92.0 Å². The van der Waals surface area contributed by atoms with Crippen molar-refractivity contribution in [2.75, 3.05) is 13.1 Å². The van der Waals surface area contributed by atoms with Gasteiger partial charge < -0.3 is 10.2 Å². The Morgan fingerprint density at radius 1 is 0.917 bits per heavy atom. The first-order chi connectivity index (χ1) is 17.4. The van der Waals surface area contributed by atoms with Gasteiger partial charge in [-0.2, -0.15) is 0 Å². The lowest BCUT2D eigenvalue weighted by Gasteiger charge is -2.42. The molecule has 0 aliphatic carbocycles. The minimum absolute atomic E-state index is 0.0784. The highest BCUT2D eigenvalue weighted by atomic mass is 16.2. The standard InChI is InChI=1S/C27H34N2O3.2C2H6/c1-4-8-25(31)27(23-9-6-5-7-10-23)15-17-29(18-16-27)26(32)24(28-21(3)30)19-22-13-11-20(2)12-14-22;2*1-2/h5-7,9-14,24H,4,8,15-19H2,1-3H3,(H,28,30);2*1-2H3/t24-;;/m0../s1. The third-order valence-electron chi connectivity index (χ3n) is 6.50. The number of benzene rings is 2. The highest BCUT2D eigenvalue weighted by Gasteiger charge is 2.43. The number of hydrogen-bond acceptors (Lipinski definition) is 3. The van der Waals surface area contributed by atoms with Gasteiger partial charge >= 0.3 is 0 Å². The van der Waals surface area contributed by atoms with Crippen molar-refractivity contribution in [3.05, 3.63) is 71.3 Å². The lowest BCUT2D eigenvalue weighted by Crippen LogP contribution is -2.54. The van der Waals surface area contributed by atoms with Crippen LogP contribution in [0.2, 0.25) is 0 Å². The molecule has 1 fully saturated rings. The van der Waals surface area contributed by atoms with Gasteiger partial charge in [-0.05, 0) is 37.3 Å². The van der Waals surface area contributed by atoms with Crippen LogP contribution < -0.4 is 5.32 Å². The van der Waals surface area contributed by atoms with Gasteiger partial charge in [0.15, 0.2) is 0 Å². The average molecular weight is 495 g/mol. The molecule has 0 bridgehead atoms. The Bertz CT molecular complexity index is 930. The molecular formula is C31H46N2O3. The first-order valence-electron chi connectivity index (χ1n) is 13.6. The van der Waals surface area contributed by atoms with Crippen LogP contribution in [0.1, 0.15) is 83.9 Å². The summed E-state index contributed by atoms with van der Waals surface area (Å²) < 4.78 is 0. The van der Waals surface area contributed by atoms with Crippen molar-refractivity contribution in [3.8, 4) is 0 Å². The highest BCUT2D eigenvalue weighted by molar-refractivity contribution is 5.91. The molecule has 0 unspecified atom stereocenters. The van der Waals surface area contributed by atoms with Gasteiger partial charge in [0, 0.05) is 32.9 Å². The van der Waals surface area contributed by atoms with E-state index in [1.54, 1.807) is 0 Å². The van der Waals surface area contributed by atoms with E-state index in [4.69, 9.17) is 0 Å². The molecule has 5 nitrogen and oxygen atoms in total. The quantitative estimate of drug-likeness (QED) is 0.488. The summed E-state index contributed by atoms with van der Waals surface area (Å²) in [6.07, 6.45) is 3.04. The predicted octanol–water partition coefficient (Wildman–Crippen LogP) is 6.02. The molecule has 36 heavy (non-hydrogen) atoms. The second kappa shape index (κ2) is 15.9. The maximum atomic E-state index is 13.4. The molecule has 1 atom stereocenters. The maximum absolute atomic E-state index is 13.4. The molecule has 2 amide bonds. The number of rotatable bonds is 8. The molecule has 1 aliphatic rings. The number of hydrogen-bond donors (Lipinski definition) is 1. The number of carbonyl (C=O) groups is 3. The first kappa shape index (κ1) is 31.1. The molecule has 0 saturated carbocycles. The van der Waals surface area contributed by atoms with E-state index in [1.165, 1.54) is 6.92 Å². The number of Topliss-reactive ketones (excluding diaryl/α,β-unsaturated/α-hetero) is 1. The zero-order valence-electron chi connectivity index (χ0n) is 23.4. The fraction of sp³-hybridized carbons (Fsp3) is 0.516. The van der Waals surface area contributed by atoms with Crippen molar-refractivity contribution in [1.29, 1.82) is 0 Å². The van der Waals surface area contributed by atoms with Crippen LogP contribution in [0.4, 0.5) is 0 Å². The van der Waals surface area contributed by atoms with E-state index in [2.05, 4.69) is 5.32 Å². The first-order valence-corrected chi connectivity index (χ1v) is 13.6. The largest absolute Gasteiger partial charge is 0.344 e. The maximum Gasteiger partial charge on any atom is 0.245 e. The lowest BCUT2D eigenvalue weighted by atomic mass is 9.68. The van der Waals surface area contributed by atoms with Crippen molar-refractivity contribution in [2.24, 2.45) is 0 Å². The van der Waals surface area contributed by atoms with E-state index < -0.39 is 11.5 Å². The number of nitrogens with one attached hydrogen (secondary N) is 1. The van der Waals surface area contributed by atoms with E-state index in [1.807, 2.05) is 101 Å². The highest BCUT2D eigenvalue weighted by Crippen LogP contribution is 2.38. The molecule has 5 heteroatoms. The topological polar surface area (TPSA) is 66.5 Å². The van der Waals surface area contributed by atoms with Gasteiger partial charge in [0.2, 0.25) is 11.8 Å². The number of ketones is 1. The van der Waals surface area contributed by atoms with E-state index in [0.717, 1.165) is 23.1 Å². The lowest BCUT2D eigenvalue weighted by molar-refractivity contribution is -0.139. The molecule has 1 heterocycles. The van der Waals surface area contributed by atoms with E-state index in [0.29, 0.717) is 38.8 Å². The normalized spacial score (nSPS) is 14.8. The zero-order valence-corrected chi connectivity index (χ0v) is 23.4. The Balaban J connectivity index is 0.00000154. The zero-order chi connectivity index (χ0) is 27.1. The summed E-state index contributed by atoms with van der Waals surface area (Å²) in [5.74, 6) is -0.0361. The fourth-order valence-electron chi connectivity index (χ4n) is 4.69. The Morgan fingerprint density at radius 3 is 1.97 bits per heavy atom. The molecule has 2 aromatic rings. The second-order valence-electron chi connectivity index (χ2n) is 8.89. The molecule has 0 spiro atoms. The average Bonchev–Trinajstić information content (AvgIpc) is 2.92. The van der Waals surface area contributed by atoms with Gasteiger partial charge in [0.1, 0.15) is 11.8 Å². The second-order valence-corrected chi connectivity index (χ2v) is 8.89. The Hall–Kier alpha value is -2.95. The summed E-state index contributed by atoms with van der Waals surface area (Å²) in [6, 6.07) is 17.4. The Morgan fingerprint density at radius 2 is 1.47 bits per heavy atom. The molecule has 0 radical (unpaired) electrons. The van der Waals surface area contributed by atoms with Crippen LogP contribution >= 0.6 is 0 Å². The van der Waals surface area contributed by atoms with Crippen LogP contribution in [0.3, 0.4) is 0 Å². The number of amides is 2. The summed E-state index contributed by atoms with van der Waals surface area (Å²) in [5.41, 5.74) is 2.68. The molecule has 1 saturated heterocycles. The van der Waals surface area contributed by atoms with Crippen LogP contribution in [-0.2, 0) is 26.2 Å². The van der Waals surface area contributed by atoms with E-state index in [-0.39, 0.29) is 17.6 Å². The Labute approximate surface area is 218 Å². The van der Waals surface area contributed by atoms with Gasteiger partial charge in [-0.15, -0.1) is 0 Å². The van der Waals surface area contributed by atoms with Gasteiger partial charge in [-0.1, -0.05) is 94.8 Å². The van der Waals surface area contributed by atoms with Gasteiger partial charge in [0.25, 0.3) is 0 Å². The summed E-state index contributed by atoms with van der Waals surface area (Å²) in [6.45, 7) is 14.5.